The summed E-state index contributed by atoms with van der Waals surface area (Å²) in [6, 6.07) is 12.8. The fourth-order valence-corrected chi connectivity index (χ4v) is 2.94. The van der Waals surface area contributed by atoms with E-state index in [-0.39, 0.29) is 23.6 Å². The molecule has 2 rings (SSSR count). The molecule has 0 radical (unpaired) electrons. The third kappa shape index (κ3) is 7.10. The minimum absolute atomic E-state index is 0.0588. The molecule has 0 fully saturated rings. The molecule has 0 saturated carbocycles. The predicted octanol–water partition coefficient (Wildman–Crippen LogP) is 2.51. The first-order valence-electron chi connectivity index (χ1n) is 8.27. The van der Waals surface area contributed by atoms with E-state index in [4.69, 9.17) is 9.84 Å². The highest BCUT2D eigenvalue weighted by Crippen LogP contribution is 2.16. The number of aliphatic carboxylic acids is 1. The van der Waals surface area contributed by atoms with Crippen molar-refractivity contribution < 1.29 is 27.9 Å². The number of carbonyl (C=O) groups excluding carboxylic acids is 1. The summed E-state index contributed by atoms with van der Waals surface area (Å²) in [7, 11) is -3.23. The van der Waals surface area contributed by atoms with Crippen molar-refractivity contribution in [1.82, 2.24) is 0 Å². The van der Waals surface area contributed by atoms with Gasteiger partial charge in [-0.25, -0.2) is 8.42 Å². The summed E-state index contributed by atoms with van der Waals surface area (Å²) >= 11 is 0. The van der Waals surface area contributed by atoms with Gasteiger partial charge < -0.3 is 15.2 Å². The smallest absolute Gasteiger partial charge is 0.307 e. The summed E-state index contributed by atoms with van der Waals surface area (Å²) in [6.07, 6.45) is 1.84. The van der Waals surface area contributed by atoms with Crippen molar-refractivity contribution in [2.75, 3.05) is 18.2 Å². The number of anilines is 1. The zero-order valence-corrected chi connectivity index (χ0v) is 15.7. The first-order valence-corrected chi connectivity index (χ1v) is 10.2. The lowest BCUT2D eigenvalue weighted by Crippen LogP contribution is -2.13. The van der Waals surface area contributed by atoms with Gasteiger partial charge in [-0.05, 0) is 48.4 Å². The number of rotatable bonds is 9. The highest BCUT2D eigenvalue weighted by molar-refractivity contribution is 7.90. The molecule has 27 heavy (non-hydrogen) atoms. The van der Waals surface area contributed by atoms with Crippen LogP contribution >= 0.6 is 0 Å². The summed E-state index contributed by atoms with van der Waals surface area (Å²) in [5, 5.41) is 11.5. The van der Waals surface area contributed by atoms with E-state index in [9.17, 15) is 18.0 Å². The van der Waals surface area contributed by atoms with Crippen molar-refractivity contribution in [2.45, 2.75) is 24.2 Å². The Hall–Kier alpha value is -2.87. The number of carboxylic acid groups (broad SMARTS) is 1. The highest BCUT2D eigenvalue weighted by atomic mass is 32.2. The van der Waals surface area contributed by atoms with Crippen LogP contribution in [0.4, 0.5) is 5.69 Å². The molecule has 0 heterocycles. The lowest BCUT2D eigenvalue weighted by molar-refractivity contribution is -0.136. The summed E-state index contributed by atoms with van der Waals surface area (Å²) in [5.41, 5.74) is 1.27. The van der Waals surface area contributed by atoms with E-state index in [2.05, 4.69) is 5.32 Å². The molecule has 0 aliphatic rings. The van der Waals surface area contributed by atoms with E-state index < -0.39 is 15.8 Å². The maximum Gasteiger partial charge on any atom is 0.307 e. The molecule has 8 heteroatoms. The maximum absolute atomic E-state index is 11.9. The van der Waals surface area contributed by atoms with Crippen molar-refractivity contribution in [2.24, 2.45) is 0 Å². The van der Waals surface area contributed by atoms with Gasteiger partial charge in [-0.3, -0.25) is 9.59 Å². The summed E-state index contributed by atoms with van der Waals surface area (Å²) < 4.78 is 28.3. The Morgan fingerprint density at radius 3 is 2.22 bits per heavy atom. The van der Waals surface area contributed by atoms with E-state index >= 15 is 0 Å². The first kappa shape index (κ1) is 20.4. The van der Waals surface area contributed by atoms with Gasteiger partial charge in [-0.15, -0.1) is 0 Å². The van der Waals surface area contributed by atoms with Crippen molar-refractivity contribution in [3.8, 4) is 5.75 Å². The molecule has 7 nitrogen and oxygen atoms in total. The third-order valence-electron chi connectivity index (χ3n) is 3.66. The Kier molecular flexibility index (Phi) is 6.95. The van der Waals surface area contributed by atoms with E-state index in [0.29, 0.717) is 30.0 Å². The summed E-state index contributed by atoms with van der Waals surface area (Å²) in [5.74, 6) is -0.536. The molecule has 0 saturated heterocycles. The van der Waals surface area contributed by atoms with Gasteiger partial charge in [0.15, 0.2) is 9.84 Å². The van der Waals surface area contributed by atoms with E-state index in [1.54, 1.807) is 36.4 Å². The van der Waals surface area contributed by atoms with Crippen LogP contribution in [-0.4, -0.2) is 38.3 Å². The lowest BCUT2D eigenvalue weighted by atomic mass is 10.1. The highest BCUT2D eigenvalue weighted by Gasteiger charge is 2.07. The van der Waals surface area contributed by atoms with Gasteiger partial charge in [0.1, 0.15) is 5.75 Å². The second-order valence-corrected chi connectivity index (χ2v) is 8.03. The number of benzene rings is 2. The van der Waals surface area contributed by atoms with Crippen LogP contribution < -0.4 is 10.1 Å². The Morgan fingerprint density at radius 2 is 1.67 bits per heavy atom. The molecule has 2 aromatic carbocycles. The van der Waals surface area contributed by atoms with Crippen LogP contribution in [-0.2, 0) is 25.8 Å². The Bertz CT molecular complexity index is 889. The second kappa shape index (κ2) is 9.18. The zero-order valence-electron chi connectivity index (χ0n) is 14.8. The molecule has 144 valence electrons. The molecule has 0 aliphatic carbocycles. The number of carboxylic acids is 1. The standard InChI is InChI=1S/C19H21NO6S/c1-27(24,25)17-10-8-16(9-11-17)26-12-2-3-18(21)20-15-6-4-14(5-7-15)13-19(22)23/h4-11H,2-3,12-13H2,1H3,(H,20,21)(H,22,23). The predicted molar refractivity (Wildman–Crippen MR) is 101 cm³/mol. The number of sulfone groups is 1. The van der Waals surface area contributed by atoms with Crippen LogP contribution in [0.2, 0.25) is 0 Å². The van der Waals surface area contributed by atoms with Crippen LogP contribution in [0.15, 0.2) is 53.4 Å². The molecule has 2 N–H and O–H groups in total. The van der Waals surface area contributed by atoms with Crippen molar-refractivity contribution in [3.05, 3.63) is 54.1 Å². The molecule has 0 bridgehead atoms. The van der Waals surface area contributed by atoms with Crippen molar-refractivity contribution >= 4 is 27.4 Å². The fourth-order valence-electron chi connectivity index (χ4n) is 2.31. The Morgan fingerprint density at radius 1 is 1.04 bits per heavy atom. The number of hydrogen-bond acceptors (Lipinski definition) is 5. The van der Waals surface area contributed by atoms with Gasteiger partial charge in [0.05, 0.1) is 17.9 Å². The fraction of sp³-hybridized carbons (Fsp3) is 0.263. The van der Waals surface area contributed by atoms with Gasteiger partial charge in [0, 0.05) is 18.4 Å². The number of hydrogen-bond donors (Lipinski definition) is 2. The largest absolute Gasteiger partial charge is 0.494 e. The molecule has 0 aromatic heterocycles. The normalized spacial score (nSPS) is 11.0. The van der Waals surface area contributed by atoms with E-state index in [1.807, 2.05) is 0 Å². The average Bonchev–Trinajstić information content (AvgIpc) is 2.60. The Balaban J connectivity index is 1.72. The number of carbonyl (C=O) groups is 2. The van der Waals surface area contributed by atoms with E-state index in [0.717, 1.165) is 6.26 Å². The molecular weight excluding hydrogens is 370 g/mol. The Labute approximate surface area is 157 Å². The first-order chi connectivity index (χ1) is 12.7. The molecule has 0 aliphatic heterocycles. The topological polar surface area (TPSA) is 110 Å². The van der Waals surface area contributed by atoms with Gasteiger partial charge >= 0.3 is 5.97 Å². The lowest BCUT2D eigenvalue weighted by Gasteiger charge is -2.08. The number of ether oxygens (including phenoxy) is 1. The average molecular weight is 391 g/mol. The van der Waals surface area contributed by atoms with Gasteiger partial charge in [-0.2, -0.15) is 0 Å². The maximum atomic E-state index is 11.9. The minimum Gasteiger partial charge on any atom is -0.494 e. The summed E-state index contributed by atoms with van der Waals surface area (Å²) in [4.78, 5) is 22.8. The van der Waals surface area contributed by atoms with Crippen LogP contribution in [0, 0.1) is 0 Å². The van der Waals surface area contributed by atoms with Crippen LogP contribution in [0.5, 0.6) is 5.75 Å². The van der Waals surface area contributed by atoms with Crippen LogP contribution in [0.25, 0.3) is 0 Å². The molecule has 1 amide bonds. The molecular formula is C19H21NO6S. The number of amides is 1. The monoisotopic (exact) mass is 391 g/mol. The van der Waals surface area contributed by atoms with Crippen LogP contribution in [0.1, 0.15) is 18.4 Å². The summed E-state index contributed by atoms with van der Waals surface area (Å²) in [6.45, 7) is 0.323. The second-order valence-electron chi connectivity index (χ2n) is 6.01. The minimum atomic E-state index is -3.23. The molecule has 0 atom stereocenters. The third-order valence-corrected chi connectivity index (χ3v) is 4.79. The van der Waals surface area contributed by atoms with Crippen LogP contribution in [0.3, 0.4) is 0 Å². The number of nitrogens with one attached hydrogen (secondary N) is 1. The van der Waals surface area contributed by atoms with Crippen molar-refractivity contribution in [3.63, 3.8) is 0 Å². The molecule has 0 unspecified atom stereocenters. The molecule has 0 spiro atoms. The molecule has 2 aromatic rings. The van der Waals surface area contributed by atoms with Gasteiger partial charge in [0.2, 0.25) is 5.91 Å². The quantitative estimate of drug-likeness (QED) is 0.636. The SMILES string of the molecule is CS(=O)(=O)c1ccc(OCCCC(=O)Nc2ccc(CC(=O)O)cc2)cc1. The van der Waals surface area contributed by atoms with Gasteiger partial charge in [0.25, 0.3) is 0 Å². The van der Waals surface area contributed by atoms with Gasteiger partial charge in [-0.1, -0.05) is 12.1 Å². The van der Waals surface area contributed by atoms with Crippen molar-refractivity contribution in [1.29, 1.82) is 0 Å². The van der Waals surface area contributed by atoms with E-state index in [1.165, 1.54) is 12.1 Å². The zero-order chi connectivity index (χ0) is 19.9.